The van der Waals surface area contributed by atoms with Crippen LogP contribution in [0, 0.1) is 0 Å². The molecule has 4 heteroatoms. The Bertz CT molecular complexity index is 320. The van der Waals surface area contributed by atoms with Crippen LogP contribution in [0.15, 0.2) is 12.5 Å². The van der Waals surface area contributed by atoms with E-state index in [2.05, 4.69) is 30.3 Å². The molecule has 1 rings (SSSR count). The van der Waals surface area contributed by atoms with Crippen LogP contribution < -0.4 is 5.73 Å². The molecule has 0 aromatic carbocycles. The van der Waals surface area contributed by atoms with E-state index < -0.39 is 0 Å². The van der Waals surface area contributed by atoms with Gasteiger partial charge in [0.25, 0.3) is 0 Å². The molecule has 4 nitrogen and oxygen atoms in total. The molecule has 0 aliphatic heterocycles. The fourth-order valence-corrected chi connectivity index (χ4v) is 1.83. The van der Waals surface area contributed by atoms with Crippen molar-refractivity contribution in [3.63, 3.8) is 0 Å². The molecule has 1 aromatic rings. The molecule has 1 aromatic heterocycles. The Hall–Kier alpha value is -0.870. The van der Waals surface area contributed by atoms with Crippen molar-refractivity contribution in [2.75, 3.05) is 6.61 Å². The maximum Gasteiger partial charge on any atom is 0.0949 e. The normalized spacial score (nSPS) is 14.1. The lowest BCUT2D eigenvalue weighted by Gasteiger charge is -2.26. The van der Waals surface area contributed by atoms with Gasteiger partial charge in [-0.3, -0.25) is 0 Å². The lowest BCUT2D eigenvalue weighted by Crippen LogP contribution is -2.31. The Labute approximate surface area is 97.8 Å². The monoisotopic (exact) mass is 225 g/mol. The Morgan fingerprint density at radius 3 is 2.75 bits per heavy atom. The van der Waals surface area contributed by atoms with Crippen molar-refractivity contribution < 1.29 is 4.74 Å². The van der Waals surface area contributed by atoms with Crippen molar-refractivity contribution in [2.24, 2.45) is 5.73 Å². The van der Waals surface area contributed by atoms with E-state index in [9.17, 15) is 0 Å². The van der Waals surface area contributed by atoms with Crippen LogP contribution in [-0.4, -0.2) is 21.8 Å². The highest BCUT2D eigenvalue weighted by atomic mass is 16.5. The third-order valence-electron chi connectivity index (χ3n) is 2.65. The van der Waals surface area contributed by atoms with Crippen molar-refractivity contribution in [1.29, 1.82) is 0 Å². The van der Waals surface area contributed by atoms with Gasteiger partial charge in [-0.2, -0.15) is 0 Å². The van der Waals surface area contributed by atoms with E-state index in [4.69, 9.17) is 10.5 Å². The number of nitrogens with two attached hydrogens (primary N) is 1. The molecule has 0 saturated carbocycles. The first-order chi connectivity index (χ1) is 7.50. The molecule has 1 heterocycles. The summed E-state index contributed by atoms with van der Waals surface area (Å²) in [7, 11) is 0. The second-order valence-electron chi connectivity index (χ2n) is 4.65. The number of hydrogen-bond acceptors (Lipinski definition) is 3. The quantitative estimate of drug-likeness (QED) is 0.806. The molecule has 0 radical (unpaired) electrons. The van der Waals surface area contributed by atoms with E-state index in [0.717, 1.165) is 25.3 Å². The average molecular weight is 225 g/mol. The average Bonchev–Trinajstić information content (AvgIpc) is 2.63. The van der Waals surface area contributed by atoms with Gasteiger partial charge in [-0.05, 0) is 27.2 Å². The van der Waals surface area contributed by atoms with Crippen LogP contribution in [0.5, 0.6) is 0 Å². The number of rotatable bonds is 6. The van der Waals surface area contributed by atoms with E-state index in [-0.39, 0.29) is 11.6 Å². The van der Waals surface area contributed by atoms with Crippen LogP contribution in [0.3, 0.4) is 0 Å². The highest BCUT2D eigenvalue weighted by molar-refractivity contribution is 5.04. The zero-order chi connectivity index (χ0) is 12.2. The van der Waals surface area contributed by atoms with Gasteiger partial charge < -0.3 is 15.0 Å². The van der Waals surface area contributed by atoms with Gasteiger partial charge in [0.1, 0.15) is 0 Å². The Morgan fingerprint density at radius 1 is 1.50 bits per heavy atom. The highest BCUT2D eigenvalue weighted by Gasteiger charge is 2.20. The second kappa shape index (κ2) is 5.46. The molecule has 0 unspecified atom stereocenters. The fraction of sp³-hybridized carbons (Fsp3) is 0.750. The maximum atomic E-state index is 6.03. The summed E-state index contributed by atoms with van der Waals surface area (Å²) in [6.07, 6.45) is 4.59. The van der Waals surface area contributed by atoms with E-state index in [0.29, 0.717) is 0 Å². The first-order valence-corrected chi connectivity index (χ1v) is 5.89. The molecule has 2 N–H and O–H groups in total. The minimum Gasteiger partial charge on any atom is -0.374 e. The summed E-state index contributed by atoms with van der Waals surface area (Å²) in [6.45, 7) is 9.75. The molecule has 16 heavy (non-hydrogen) atoms. The highest BCUT2D eigenvalue weighted by Crippen LogP contribution is 2.18. The van der Waals surface area contributed by atoms with Crippen LogP contribution >= 0.6 is 0 Å². The molecule has 0 amide bonds. The lowest BCUT2D eigenvalue weighted by atomic mass is 10.1. The predicted molar refractivity (Wildman–Crippen MR) is 65.2 cm³/mol. The number of aromatic nitrogens is 2. The van der Waals surface area contributed by atoms with E-state index >= 15 is 0 Å². The maximum absolute atomic E-state index is 6.03. The summed E-state index contributed by atoms with van der Waals surface area (Å²) < 4.78 is 7.77. The molecule has 1 atom stereocenters. The van der Waals surface area contributed by atoms with Crippen LogP contribution in [0.1, 0.15) is 45.9 Å². The Kier molecular flexibility index (Phi) is 4.50. The van der Waals surface area contributed by atoms with Gasteiger partial charge in [0.05, 0.1) is 24.2 Å². The first kappa shape index (κ1) is 13.2. The molecule has 92 valence electrons. The molecular weight excluding hydrogens is 202 g/mol. The van der Waals surface area contributed by atoms with Crippen LogP contribution in [0.4, 0.5) is 0 Å². The first-order valence-electron chi connectivity index (χ1n) is 5.89. The largest absolute Gasteiger partial charge is 0.374 e. The second-order valence-corrected chi connectivity index (χ2v) is 4.65. The summed E-state index contributed by atoms with van der Waals surface area (Å²) in [5.74, 6) is 0. The standard InChI is InChI=1S/C12H23N3O/c1-5-10(13)11-7-14-9-15(11)8-12(3,4)16-6-2/h7,9-10H,5-6,8,13H2,1-4H3/t10-/m1/s1. The van der Waals surface area contributed by atoms with Gasteiger partial charge in [0, 0.05) is 18.8 Å². The molecule has 0 aliphatic rings. The lowest BCUT2D eigenvalue weighted by molar-refractivity contribution is -0.0230. The molecule has 0 fully saturated rings. The van der Waals surface area contributed by atoms with Gasteiger partial charge in [-0.15, -0.1) is 0 Å². The summed E-state index contributed by atoms with van der Waals surface area (Å²) in [5, 5.41) is 0. The van der Waals surface area contributed by atoms with Crippen LogP contribution in [0.25, 0.3) is 0 Å². The zero-order valence-electron chi connectivity index (χ0n) is 10.7. The van der Waals surface area contributed by atoms with Crippen molar-refractivity contribution in [1.82, 2.24) is 9.55 Å². The zero-order valence-corrected chi connectivity index (χ0v) is 10.7. The Balaban J connectivity index is 2.77. The van der Waals surface area contributed by atoms with E-state index in [1.54, 1.807) is 0 Å². The smallest absolute Gasteiger partial charge is 0.0949 e. The van der Waals surface area contributed by atoms with Crippen LogP contribution in [0.2, 0.25) is 0 Å². The topological polar surface area (TPSA) is 53.1 Å². The number of hydrogen-bond donors (Lipinski definition) is 1. The minimum absolute atomic E-state index is 0.0555. The SMILES string of the molecule is CCOC(C)(C)Cn1cncc1[C@H](N)CC. The van der Waals surface area contributed by atoms with E-state index in [1.165, 1.54) is 0 Å². The Morgan fingerprint density at radius 2 is 2.19 bits per heavy atom. The molecule has 0 aliphatic carbocycles. The predicted octanol–water partition coefficient (Wildman–Crippen LogP) is 2.11. The number of nitrogens with zero attached hydrogens (tertiary/aromatic N) is 2. The van der Waals surface area contributed by atoms with E-state index in [1.807, 2.05) is 19.4 Å². The molecule has 0 saturated heterocycles. The van der Waals surface area contributed by atoms with Crippen molar-refractivity contribution in [3.8, 4) is 0 Å². The summed E-state index contributed by atoms with van der Waals surface area (Å²) >= 11 is 0. The van der Waals surface area contributed by atoms with Gasteiger partial charge >= 0.3 is 0 Å². The fourth-order valence-electron chi connectivity index (χ4n) is 1.83. The van der Waals surface area contributed by atoms with Gasteiger partial charge in [-0.25, -0.2) is 4.98 Å². The molecular formula is C12H23N3O. The third kappa shape index (κ3) is 3.32. The number of ether oxygens (including phenoxy) is 1. The van der Waals surface area contributed by atoms with Crippen LogP contribution in [-0.2, 0) is 11.3 Å². The van der Waals surface area contributed by atoms with Gasteiger partial charge in [0.2, 0.25) is 0 Å². The summed E-state index contributed by atoms with van der Waals surface area (Å²) in [6, 6.07) is 0.0555. The molecule has 0 bridgehead atoms. The molecule has 0 spiro atoms. The van der Waals surface area contributed by atoms with Crippen molar-refractivity contribution in [3.05, 3.63) is 18.2 Å². The summed E-state index contributed by atoms with van der Waals surface area (Å²) in [5.41, 5.74) is 6.93. The van der Waals surface area contributed by atoms with Gasteiger partial charge in [-0.1, -0.05) is 6.92 Å². The minimum atomic E-state index is -0.183. The number of imidazole rings is 1. The van der Waals surface area contributed by atoms with Crippen molar-refractivity contribution >= 4 is 0 Å². The summed E-state index contributed by atoms with van der Waals surface area (Å²) in [4.78, 5) is 4.16. The van der Waals surface area contributed by atoms with Gasteiger partial charge in [0.15, 0.2) is 0 Å². The van der Waals surface area contributed by atoms with Crippen molar-refractivity contribution in [2.45, 2.75) is 52.3 Å². The third-order valence-corrected chi connectivity index (χ3v) is 2.65.